The van der Waals surface area contributed by atoms with E-state index < -0.39 is 29.7 Å². The van der Waals surface area contributed by atoms with Crippen molar-refractivity contribution in [3.05, 3.63) is 12.2 Å². The molecular formula is C13H20O6. The average Bonchev–Trinajstić information content (AvgIpc) is 2.44. The highest BCUT2D eigenvalue weighted by molar-refractivity contribution is 5.98. The molecule has 0 rings (SSSR count). The molecule has 6 heteroatoms. The highest BCUT2D eigenvalue weighted by Gasteiger charge is 2.39. The maximum atomic E-state index is 11.7. The lowest BCUT2D eigenvalue weighted by Gasteiger charge is -2.23. The maximum absolute atomic E-state index is 11.7. The Kier molecular flexibility index (Phi) is 7.48. The Balaban J connectivity index is 5.38. The van der Waals surface area contributed by atoms with Gasteiger partial charge in [0.05, 0.1) is 21.3 Å². The number of carbonyl (C=O) groups is 3. The smallest absolute Gasteiger partial charge is 0.333 e. The Morgan fingerprint density at radius 3 is 1.79 bits per heavy atom. The largest absolute Gasteiger partial charge is 0.468 e. The number of hydrogen-bond donors (Lipinski definition) is 0. The van der Waals surface area contributed by atoms with Crippen LogP contribution in [-0.4, -0.2) is 39.2 Å². The van der Waals surface area contributed by atoms with E-state index in [0.29, 0.717) is 12.8 Å². The molecule has 1 atom stereocenters. The number of esters is 3. The molecule has 108 valence electrons. The Morgan fingerprint density at radius 2 is 1.47 bits per heavy atom. The van der Waals surface area contributed by atoms with Gasteiger partial charge in [-0.05, 0) is 6.42 Å². The fraction of sp³-hybridized carbons (Fsp3) is 0.615. The summed E-state index contributed by atoms with van der Waals surface area (Å²) in [6, 6.07) is 0. The lowest BCUT2D eigenvalue weighted by Crippen LogP contribution is -2.36. The van der Waals surface area contributed by atoms with Crippen molar-refractivity contribution in [2.45, 2.75) is 19.8 Å². The third-order valence-electron chi connectivity index (χ3n) is 2.81. The zero-order valence-electron chi connectivity index (χ0n) is 11.7. The number of methoxy groups -OCH3 is 3. The molecule has 0 N–H and O–H groups in total. The summed E-state index contributed by atoms with van der Waals surface area (Å²) in [5.41, 5.74) is 0.0603. The normalized spacial score (nSPS) is 11.6. The van der Waals surface area contributed by atoms with Gasteiger partial charge in [0.25, 0.3) is 0 Å². The number of hydrogen-bond acceptors (Lipinski definition) is 6. The van der Waals surface area contributed by atoms with E-state index >= 15 is 0 Å². The summed E-state index contributed by atoms with van der Waals surface area (Å²) in [6.07, 6.45) is 1.08. The second-order valence-electron chi connectivity index (χ2n) is 3.94. The molecule has 0 amide bonds. The molecule has 6 nitrogen and oxygen atoms in total. The van der Waals surface area contributed by atoms with Crippen LogP contribution < -0.4 is 0 Å². The average molecular weight is 272 g/mol. The van der Waals surface area contributed by atoms with Gasteiger partial charge in [-0.1, -0.05) is 19.9 Å². The van der Waals surface area contributed by atoms with Crippen molar-refractivity contribution in [2.75, 3.05) is 21.3 Å². The Morgan fingerprint density at radius 1 is 1.00 bits per heavy atom. The first-order valence-electron chi connectivity index (χ1n) is 5.87. The molecule has 0 bridgehead atoms. The Labute approximate surface area is 112 Å². The van der Waals surface area contributed by atoms with Crippen LogP contribution in [0.25, 0.3) is 0 Å². The Hall–Kier alpha value is -1.85. The lowest BCUT2D eigenvalue weighted by atomic mass is 9.83. The zero-order valence-corrected chi connectivity index (χ0v) is 11.7. The van der Waals surface area contributed by atoms with Crippen LogP contribution in [0.4, 0.5) is 0 Å². The first kappa shape index (κ1) is 17.2. The second kappa shape index (κ2) is 8.29. The second-order valence-corrected chi connectivity index (χ2v) is 3.94. The van der Waals surface area contributed by atoms with Crippen LogP contribution in [0.3, 0.4) is 0 Å². The monoisotopic (exact) mass is 272 g/mol. The van der Waals surface area contributed by atoms with Gasteiger partial charge in [0, 0.05) is 11.5 Å². The molecule has 0 saturated carbocycles. The van der Waals surface area contributed by atoms with Crippen LogP contribution in [0, 0.1) is 11.8 Å². The number of ether oxygens (including phenoxy) is 3. The summed E-state index contributed by atoms with van der Waals surface area (Å²) in [4.78, 5) is 35.0. The molecule has 0 spiro atoms. The minimum Gasteiger partial charge on any atom is -0.468 e. The van der Waals surface area contributed by atoms with Gasteiger partial charge in [0.1, 0.15) is 0 Å². The number of carbonyl (C=O) groups excluding carboxylic acids is 3. The van der Waals surface area contributed by atoms with E-state index in [2.05, 4.69) is 20.8 Å². The molecule has 0 aliphatic rings. The summed E-state index contributed by atoms with van der Waals surface area (Å²) in [7, 11) is 3.55. The molecule has 0 aliphatic heterocycles. The molecule has 0 saturated heterocycles. The predicted molar refractivity (Wildman–Crippen MR) is 67.1 cm³/mol. The molecule has 0 aliphatic carbocycles. The molecule has 0 heterocycles. The van der Waals surface area contributed by atoms with Crippen LogP contribution in [0.5, 0.6) is 0 Å². The van der Waals surface area contributed by atoms with Gasteiger partial charge in [-0.3, -0.25) is 9.59 Å². The van der Waals surface area contributed by atoms with Crippen LogP contribution in [0.2, 0.25) is 0 Å². The first-order chi connectivity index (χ1) is 8.94. The molecule has 19 heavy (non-hydrogen) atoms. The van der Waals surface area contributed by atoms with Gasteiger partial charge in [0.15, 0.2) is 5.92 Å². The molecule has 1 unspecified atom stereocenters. The topological polar surface area (TPSA) is 78.9 Å². The minimum atomic E-state index is -1.21. The first-order valence-corrected chi connectivity index (χ1v) is 5.87. The van der Waals surface area contributed by atoms with E-state index in [4.69, 9.17) is 0 Å². The molecule has 0 aromatic carbocycles. The molecule has 0 radical (unpaired) electrons. The molecule has 0 aromatic rings. The minimum absolute atomic E-state index is 0.0603. The fourth-order valence-electron chi connectivity index (χ4n) is 1.81. The molecule has 0 aromatic heterocycles. The van der Waals surface area contributed by atoms with E-state index in [1.807, 2.05) is 6.92 Å². The lowest BCUT2D eigenvalue weighted by molar-refractivity contribution is -0.161. The van der Waals surface area contributed by atoms with E-state index in [1.54, 1.807) is 0 Å². The van der Waals surface area contributed by atoms with E-state index in [1.165, 1.54) is 21.3 Å². The van der Waals surface area contributed by atoms with E-state index in [9.17, 15) is 14.4 Å². The summed E-state index contributed by atoms with van der Waals surface area (Å²) in [5.74, 6) is -4.07. The maximum Gasteiger partial charge on any atom is 0.333 e. The van der Waals surface area contributed by atoms with Crippen LogP contribution >= 0.6 is 0 Å². The van der Waals surface area contributed by atoms with Gasteiger partial charge >= 0.3 is 17.9 Å². The van der Waals surface area contributed by atoms with Crippen molar-refractivity contribution in [1.29, 1.82) is 0 Å². The van der Waals surface area contributed by atoms with E-state index in [0.717, 1.165) is 0 Å². The third-order valence-corrected chi connectivity index (χ3v) is 2.81. The van der Waals surface area contributed by atoms with Crippen molar-refractivity contribution in [3.63, 3.8) is 0 Å². The zero-order chi connectivity index (χ0) is 15.0. The van der Waals surface area contributed by atoms with Crippen molar-refractivity contribution >= 4 is 17.9 Å². The van der Waals surface area contributed by atoms with Crippen LogP contribution in [0.15, 0.2) is 12.2 Å². The standard InChI is InChI=1S/C13H20O6/c1-6-7-9(8(2)11(14)17-3)10(12(15)18-4)13(16)19-5/h9-10H,2,6-7H2,1,3-5H3. The van der Waals surface area contributed by atoms with Crippen molar-refractivity contribution < 1.29 is 28.6 Å². The van der Waals surface area contributed by atoms with Gasteiger partial charge in [-0.15, -0.1) is 0 Å². The van der Waals surface area contributed by atoms with Gasteiger partial charge < -0.3 is 14.2 Å². The highest BCUT2D eigenvalue weighted by atomic mass is 16.5. The predicted octanol–water partition coefficient (Wildman–Crippen LogP) is 1.09. The van der Waals surface area contributed by atoms with Crippen molar-refractivity contribution in [1.82, 2.24) is 0 Å². The highest BCUT2D eigenvalue weighted by Crippen LogP contribution is 2.28. The van der Waals surface area contributed by atoms with Crippen molar-refractivity contribution in [3.8, 4) is 0 Å². The van der Waals surface area contributed by atoms with Crippen molar-refractivity contribution in [2.24, 2.45) is 11.8 Å². The SMILES string of the molecule is C=C(C(=O)OC)C(CCC)C(C(=O)OC)C(=O)OC. The van der Waals surface area contributed by atoms with Gasteiger partial charge in [-0.25, -0.2) is 4.79 Å². The fourth-order valence-corrected chi connectivity index (χ4v) is 1.81. The summed E-state index contributed by atoms with van der Waals surface area (Å²) >= 11 is 0. The van der Waals surface area contributed by atoms with Crippen LogP contribution in [-0.2, 0) is 28.6 Å². The van der Waals surface area contributed by atoms with Crippen LogP contribution in [0.1, 0.15) is 19.8 Å². The molecular weight excluding hydrogens is 252 g/mol. The molecule has 0 fully saturated rings. The summed E-state index contributed by atoms with van der Waals surface area (Å²) < 4.78 is 13.8. The Bertz CT molecular complexity index is 344. The van der Waals surface area contributed by atoms with Gasteiger partial charge in [-0.2, -0.15) is 0 Å². The quantitative estimate of drug-likeness (QED) is 0.299. The third kappa shape index (κ3) is 4.39. The number of rotatable bonds is 7. The van der Waals surface area contributed by atoms with E-state index in [-0.39, 0.29) is 5.57 Å². The summed E-state index contributed by atoms with van der Waals surface area (Å²) in [6.45, 7) is 5.47. The summed E-state index contributed by atoms with van der Waals surface area (Å²) in [5, 5.41) is 0. The van der Waals surface area contributed by atoms with Gasteiger partial charge in [0.2, 0.25) is 0 Å².